The van der Waals surface area contributed by atoms with Crippen LogP contribution in [0.25, 0.3) is 0 Å². The van der Waals surface area contributed by atoms with Gasteiger partial charge in [-0.25, -0.2) is 0 Å². The van der Waals surface area contributed by atoms with E-state index in [1.165, 1.54) is 0 Å². The molecule has 3 nitrogen and oxygen atoms in total. The van der Waals surface area contributed by atoms with Crippen LogP contribution in [0.5, 0.6) is 0 Å². The highest BCUT2D eigenvalue weighted by molar-refractivity contribution is 5.73. The zero-order chi connectivity index (χ0) is 7.84. The average molecular weight is 156 g/mol. The topological polar surface area (TPSA) is 46.5 Å². The van der Waals surface area contributed by atoms with Gasteiger partial charge in [-0.2, -0.15) is 0 Å². The molecule has 2 rings (SSSR count). The maximum absolute atomic E-state index is 10.5. The lowest BCUT2D eigenvalue weighted by Crippen LogP contribution is -2.08. The van der Waals surface area contributed by atoms with Gasteiger partial charge in [0, 0.05) is 13.2 Å². The second-order valence-corrected chi connectivity index (χ2v) is 3.47. The maximum atomic E-state index is 10.5. The molecule has 0 spiro atoms. The average Bonchev–Trinajstić information content (AvgIpc) is 2.60. The van der Waals surface area contributed by atoms with E-state index in [4.69, 9.17) is 9.84 Å². The van der Waals surface area contributed by atoms with E-state index in [0.717, 1.165) is 26.1 Å². The van der Waals surface area contributed by atoms with Crippen LogP contribution >= 0.6 is 0 Å². The molecule has 1 heterocycles. The van der Waals surface area contributed by atoms with E-state index in [-0.39, 0.29) is 5.92 Å². The Bertz CT molecular complexity index is 172. The molecule has 0 amide bonds. The summed E-state index contributed by atoms with van der Waals surface area (Å²) in [5, 5.41) is 8.64. The van der Waals surface area contributed by atoms with Gasteiger partial charge in [0.25, 0.3) is 0 Å². The lowest BCUT2D eigenvalue weighted by atomic mass is 10.0. The summed E-state index contributed by atoms with van der Waals surface area (Å²) in [5.74, 6) is 0.287. The fourth-order valence-corrected chi connectivity index (χ4v) is 1.91. The van der Waals surface area contributed by atoms with Crippen LogP contribution in [0, 0.1) is 17.8 Å². The molecule has 2 aliphatic rings. The van der Waals surface area contributed by atoms with E-state index in [0.29, 0.717) is 11.8 Å². The quantitative estimate of drug-likeness (QED) is 0.641. The van der Waals surface area contributed by atoms with Crippen LogP contribution in [0.1, 0.15) is 12.8 Å². The van der Waals surface area contributed by atoms with Crippen molar-refractivity contribution in [2.24, 2.45) is 17.8 Å². The Morgan fingerprint density at radius 2 is 2.36 bits per heavy atom. The van der Waals surface area contributed by atoms with Crippen molar-refractivity contribution in [1.82, 2.24) is 0 Å². The highest BCUT2D eigenvalue weighted by Crippen LogP contribution is 2.47. The van der Waals surface area contributed by atoms with Gasteiger partial charge in [-0.05, 0) is 24.7 Å². The van der Waals surface area contributed by atoms with Crippen molar-refractivity contribution in [2.45, 2.75) is 12.8 Å². The summed E-state index contributed by atoms with van der Waals surface area (Å²) in [6.45, 7) is 1.61. The number of rotatable bonds is 2. The standard InChI is InChI=1S/C8H12O3/c9-8(10)7-3-6(7)5-1-2-11-4-5/h5-7H,1-4H2,(H,9,10)/t5-,6+,7+/m0/s1. The Kier molecular flexibility index (Phi) is 1.60. The monoisotopic (exact) mass is 156 g/mol. The summed E-state index contributed by atoms with van der Waals surface area (Å²) < 4.78 is 5.19. The molecule has 0 unspecified atom stereocenters. The van der Waals surface area contributed by atoms with E-state index in [1.54, 1.807) is 0 Å². The number of carboxylic acids is 1. The Morgan fingerprint density at radius 3 is 2.82 bits per heavy atom. The van der Waals surface area contributed by atoms with Gasteiger partial charge in [-0.3, -0.25) is 4.79 Å². The molecule has 1 N–H and O–H groups in total. The van der Waals surface area contributed by atoms with E-state index in [2.05, 4.69) is 0 Å². The van der Waals surface area contributed by atoms with Gasteiger partial charge in [-0.15, -0.1) is 0 Å². The van der Waals surface area contributed by atoms with Crippen molar-refractivity contribution in [1.29, 1.82) is 0 Å². The predicted molar refractivity (Wildman–Crippen MR) is 38.2 cm³/mol. The molecule has 0 aromatic carbocycles. The second-order valence-electron chi connectivity index (χ2n) is 3.47. The fourth-order valence-electron chi connectivity index (χ4n) is 1.91. The zero-order valence-corrected chi connectivity index (χ0v) is 6.32. The van der Waals surface area contributed by atoms with Gasteiger partial charge in [0.2, 0.25) is 0 Å². The molecule has 1 aliphatic heterocycles. The van der Waals surface area contributed by atoms with Gasteiger partial charge < -0.3 is 9.84 Å². The van der Waals surface area contributed by atoms with Gasteiger partial charge in [-0.1, -0.05) is 0 Å². The SMILES string of the molecule is O=C(O)[C@@H]1C[C@@H]1[C@H]1CCOC1. The molecule has 0 bridgehead atoms. The minimum atomic E-state index is -0.623. The number of carboxylic acid groups (broad SMARTS) is 1. The predicted octanol–water partition coefficient (Wildman–Crippen LogP) is 0.744. The molecule has 3 heteroatoms. The number of hydrogen-bond acceptors (Lipinski definition) is 2. The van der Waals surface area contributed by atoms with Crippen molar-refractivity contribution < 1.29 is 14.6 Å². The van der Waals surface area contributed by atoms with E-state index >= 15 is 0 Å². The van der Waals surface area contributed by atoms with Gasteiger partial charge in [0.1, 0.15) is 0 Å². The maximum Gasteiger partial charge on any atom is 0.306 e. The lowest BCUT2D eigenvalue weighted by molar-refractivity contribution is -0.139. The zero-order valence-electron chi connectivity index (χ0n) is 6.32. The molecule has 1 saturated heterocycles. The van der Waals surface area contributed by atoms with Crippen LogP contribution in [-0.2, 0) is 9.53 Å². The minimum Gasteiger partial charge on any atom is -0.481 e. The molecule has 0 radical (unpaired) electrons. The smallest absolute Gasteiger partial charge is 0.306 e. The number of aliphatic carboxylic acids is 1. The third kappa shape index (κ3) is 1.25. The first-order valence-corrected chi connectivity index (χ1v) is 4.09. The Morgan fingerprint density at radius 1 is 1.55 bits per heavy atom. The van der Waals surface area contributed by atoms with Crippen molar-refractivity contribution in [2.75, 3.05) is 13.2 Å². The van der Waals surface area contributed by atoms with Crippen LogP contribution < -0.4 is 0 Å². The third-order valence-corrected chi connectivity index (χ3v) is 2.73. The first kappa shape index (κ1) is 7.10. The third-order valence-electron chi connectivity index (χ3n) is 2.73. The van der Waals surface area contributed by atoms with Crippen molar-refractivity contribution in [3.8, 4) is 0 Å². The molecule has 2 fully saturated rings. The van der Waals surface area contributed by atoms with Crippen molar-refractivity contribution in [3.05, 3.63) is 0 Å². The number of ether oxygens (including phenoxy) is 1. The molecule has 3 atom stereocenters. The molecular formula is C8H12O3. The van der Waals surface area contributed by atoms with Crippen LogP contribution in [0.2, 0.25) is 0 Å². The summed E-state index contributed by atoms with van der Waals surface area (Å²) in [4.78, 5) is 10.5. The van der Waals surface area contributed by atoms with Crippen LogP contribution in [0.3, 0.4) is 0 Å². The summed E-state index contributed by atoms with van der Waals surface area (Å²) in [6, 6.07) is 0. The largest absolute Gasteiger partial charge is 0.481 e. The van der Waals surface area contributed by atoms with Crippen LogP contribution in [0.15, 0.2) is 0 Å². The van der Waals surface area contributed by atoms with Gasteiger partial charge in [0.05, 0.1) is 5.92 Å². The number of carbonyl (C=O) groups is 1. The summed E-state index contributed by atoms with van der Waals surface area (Å²) in [7, 11) is 0. The normalized spacial score (nSPS) is 42.4. The molecule has 0 aromatic rings. The first-order valence-electron chi connectivity index (χ1n) is 4.09. The van der Waals surface area contributed by atoms with Gasteiger partial charge in [0.15, 0.2) is 0 Å². The minimum absolute atomic E-state index is 0.0540. The fraction of sp³-hybridized carbons (Fsp3) is 0.875. The second kappa shape index (κ2) is 2.48. The van der Waals surface area contributed by atoms with E-state index in [1.807, 2.05) is 0 Å². The Balaban J connectivity index is 1.85. The Hall–Kier alpha value is -0.570. The van der Waals surface area contributed by atoms with Crippen molar-refractivity contribution in [3.63, 3.8) is 0 Å². The number of hydrogen-bond donors (Lipinski definition) is 1. The molecular weight excluding hydrogens is 144 g/mol. The molecule has 62 valence electrons. The highest BCUT2D eigenvalue weighted by atomic mass is 16.5. The van der Waals surface area contributed by atoms with Crippen molar-refractivity contribution >= 4 is 5.97 Å². The van der Waals surface area contributed by atoms with Gasteiger partial charge >= 0.3 is 5.97 Å². The molecule has 1 saturated carbocycles. The highest BCUT2D eigenvalue weighted by Gasteiger charge is 2.48. The molecule has 1 aliphatic carbocycles. The summed E-state index contributed by atoms with van der Waals surface area (Å²) in [5.41, 5.74) is 0. The van der Waals surface area contributed by atoms with Crippen LogP contribution in [0.4, 0.5) is 0 Å². The van der Waals surface area contributed by atoms with E-state index in [9.17, 15) is 4.79 Å². The summed E-state index contributed by atoms with van der Waals surface area (Å²) >= 11 is 0. The molecule has 11 heavy (non-hydrogen) atoms. The molecule has 0 aromatic heterocycles. The summed E-state index contributed by atoms with van der Waals surface area (Å²) in [6.07, 6.45) is 1.94. The Labute approximate surface area is 65.4 Å². The lowest BCUT2D eigenvalue weighted by Gasteiger charge is -2.02. The van der Waals surface area contributed by atoms with Crippen LogP contribution in [-0.4, -0.2) is 24.3 Å². The first-order chi connectivity index (χ1) is 5.29. The van der Waals surface area contributed by atoms with E-state index < -0.39 is 5.97 Å².